The van der Waals surface area contributed by atoms with Crippen LogP contribution in [-0.4, -0.2) is 30.6 Å². The van der Waals surface area contributed by atoms with Crippen molar-refractivity contribution in [2.75, 3.05) is 24.5 Å². The molecule has 2 aromatic rings. The number of anilines is 1. The van der Waals surface area contributed by atoms with Gasteiger partial charge in [0.15, 0.2) is 11.6 Å². The third-order valence-corrected chi connectivity index (χ3v) is 4.39. The van der Waals surface area contributed by atoms with Crippen molar-refractivity contribution >= 4 is 11.6 Å². The molecule has 4 nitrogen and oxygen atoms in total. The number of carbonyl (C=O) groups excluding carboxylic acids is 1. The summed E-state index contributed by atoms with van der Waals surface area (Å²) in [6.07, 6.45) is 0.627. The first-order valence-corrected chi connectivity index (χ1v) is 8.02. The summed E-state index contributed by atoms with van der Waals surface area (Å²) in [5, 5.41) is 11.7. The Hall–Kier alpha value is -2.77. The lowest BCUT2D eigenvalue weighted by Gasteiger charge is -2.19. The zero-order valence-corrected chi connectivity index (χ0v) is 13.6. The number of phenols is 1. The number of carbonyl (C=O) groups is 1. The summed E-state index contributed by atoms with van der Waals surface area (Å²) in [4.78, 5) is 13.7. The van der Waals surface area contributed by atoms with Gasteiger partial charge in [0.2, 0.25) is 0 Å². The van der Waals surface area contributed by atoms with Crippen molar-refractivity contribution in [3.8, 4) is 5.75 Å². The van der Waals surface area contributed by atoms with E-state index in [4.69, 9.17) is 0 Å². The van der Waals surface area contributed by atoms with Crippen LogP contribution in [0.4, 0.5) is 23.2 Å². The predicted molar refractivity (Wildman–Crippen MR) is 87.0 cm³/mol. The first kappa shape index (κ1) is 18.0. The monoisotopic (exact) mass is 368 g/mol. The van der Waals surface area contributed by atoms with Crippen LogP contribution in [0.25, 0.3) is 0 Å². The number of nitrogens with zero attached hydrogens (tertiary/aromatic N) is 1. The quantitative estimate of drug-likeness (QED) is 0.815. The zero-order valence-electron chi connectivity index (χ0n) is 13.6. The predicted octanol–water partition coefficient (Wildman–Crippen LogP) is 3.20. The number of nitrogens with one attached hydrogen (secondary N) is 1. The van der Waals surface area contributed by atoms with E-state index in [2.05, 4.69) is 5.32 Å². The molecule has 0 bridgehead atoms. The van der Waals surface area contributed by atoms with Crippen LogP contribution in [0.2, 0.25) is 0 Å². The lowest BCUT2D eigenvalue weighted by Crippen LogP contribution is -2.32. The van der Waals surface area contributed by atoms with Crippen LogP contribution in [0, 0.1) is 29.2 Å². The van der Waals surface area contributed by atoms with E-state index < -0.39 is 40.5 Å². The highest BCUT2D eigenvalue weighted by molar-refractivity contribution is 5.95. The first-order chi connectivity index (χ1) is 12.4. The maximum atomic E-state index is 13.8. The fourth-order valence-corrected chi connectivity index (χ4v) is 3.03. The Morgan fingerprint density at radius 2 is 1.92 bits per heavy atom. The molecule has 1 heterocycles. The number of benzene rings is 2. The molecule has 8 heteroatoms. The van der Waals surface area contributed by atoms with Crippen LogP contribution in [0.3, 0.4) is 0 Å². The highest BCUT2D eigenvalue weighted by atomic mass is 19.1. The van der Waals surface area contributed by atoms with Crippen molar-refractivity contribution in [2.24, 2.45) is 5.92 Å². The van der Waals surface area contributed by atoms with Crippen LogP contribution in [0.1, 0.15) is 16.8 Å². The second-order valence-corrected chi connectivity index (χ2v) is 6.16. The molecule has 0 spiro atoms. The van der Waals surface area contributed by atoms with E-state index in [0.717, 1.165) is 18.2 Å². The summed E-state index contributed by atoms with van der Waals surface area (Å²) in [7, 11) is 0. The Morgan fingerprint density at radius 1 is 1.15 bits per heavy atom. The molecule has 3 rings (SSSR count). The van der Waals surface area contributed by atoms with Gasteiger partial charge in [-0.1, -0.05) is 0 Å². The minimum atomic E-state index is -1.32. The molecule has 0 radical (unpaired) electrons. The lowest BCUT2D eigenvalue weighted by molar-refractivity contribution is 0.0939. The average Bonchev–Trinajstić information content (AvgIpc) is 3.05. The number of phenolic OH excluding ortho intramolecular Hbond substituents is 1. The molecule has 2 aromatic carbocycles. The van der Waals surface area contributed by atoms with Gasteiger partial charge in [-0.15, -0.1) is 0 Å². The normalized spacial score (nSPS) is 16.8. The molecule has 1 amide bonds. The molecule has 1 aliphatic rings. The van der Waals surface area contributed by atoms with Crippen LogP contribution >= 0.6 is 0 Å². The second kappa shape index (κ2) is 7.23. The topological polar surface area (TPSA) is 52.6 Å². The Balaban J connectivity index is 1.61. The molecule has 1 aliphatic heterocycles. The van der Waals surface area contributed by atoms with Crippen LogP contribution in [0.15, 0.2) is 30.3 Å². The molecular weight excluding hydrogens is 352 g/mol. The van der Waals surface area contributed by atoms with Crippen molar-refractivity contribution in [3.05, 3.63) is 59.2 Å². The molecular formula is C18H16F4N2O2. The van der Waals surface area contributed by atoms with Gasteiger partial charge in [0.05, 0.1) is 5.69 Å². The molecule has 1 saturated heterocycles. The molecule has 1 fully saturated rings. The van der Waals surface area contributed by atoms with E-state index in [1.54, 1.807) is 4.90 Å². The van der Waals surface area contributed by atoms with Crippen LogP contribution in [0.5, 0.6) is 5.75 Å². The van der Waals surface area contributed by atoms with Crippen molar-refractivity contribution in [2.45, 2.75) is 6.42 Å². The molecule has 0 aromatic heterocycles. The smallest absolute Gasteiger partial charge is 0.257 e. The fourth-order valence-electron chi connectivity index (χ4n) is 3.03. The molecule has 138 valence electrons. The van der Waals surface area contributed by atoms with Gasteiger partial charge < -0.3 is 15.3 Å². The van der Waals surface area contributed by atoms with Gasteiger partial charge in [-0.2, -0.15) is 0 Å². The van der Waals surface area contributed by atoms with E-state index in [9.17, 15) is 27.5 Å². The molecule has 2 N–H and O–H groups in total. The second-order valence-electron chi connectivity index (χ2n) is 6.16. The van der Waals surface area contributed by atoms with Crippen molar-refractivity contribution in [1.82, 2.24) is 5.32 Å². The van der Waals surface area contributed by atoms with Crippen molar-refractivity contribution in [3.63, 3.8) is 0 Å². The molecule has 0 saturated carbocycles. The molecule has 1 atom stereocenters. The largest absolute Gasteiger partial charge is 0.505 e. The summed E-state index contributed by atoms with van der Waals surface area (Å²) in [6, 6.07) is 4.96. The highest BCUT2D eigenvalue weighted by Crippen LogP contribution is 2.27. The third-order valence-electron chi connectivity index (χ3n) is 4.39. The minimum absolute atomic E-state index is 0.0631. The maximum absolute atomic E-state index is 13.8. The van der Waals surface area contributed by atoms with E-state index >= 15 is 0 Å². The summed E-state index contributed by atoms with van der Waals surface area (Å²) in [6.45, 7) is 1.05. The van der Waals surface area contributed by atoms with Crippen molar-refractivity contribution < 1.29 is 27.5 Å². The molecule has 26 heavy (non-hydrogen) atoms. The number of rotatable bonds is 4. The highest BCUT2D eigenvalue weighted by Gasteiger charge is 2.26. The zero-order chi connectivity index (χ0) is 18.8. The summed E-state index contributed by atoms with van der Waals surface area (Å²) < 4.78 is 54.2. The Bertz CT molecular complexity index is 844. The SMILES string of the molecule is O=C(NCC1CCN(c2ccc(F)cc2F)C1)c1c(F)ccc(O)c1F. The van der Waals surface area contributed by atoms with Gasteiger partial charge in [-0.25, -0.2) is 17.6 Å². The average molecular weight is 368 g/mol. The standard InChI is InChI=1S/C18H16F4N2O2/c19-11-1-3-14(13(21)7-11)24-6-5-10(9-24)8-23-18(26)16-12(20)2-4-15(25)17(16)22/h1-4,7,10,25H,5-6,8-9H2,(H,23,26). The summed E-state index contributed by atoms with van der Waals surface area (Å²) >= 11 is 0. The van der Waals surface area contributed by atoms with Gasteiger partial charge in [-0.3, -0.25) is 4.79 Å². The number of hydrogen-bond donors (Lipinski definition) is 2. The van der Waals surface area contributed by atoms with Gasteiger partial charge in [0, 0.05) is 25.7 Å². The molecule has 0 aliphatic carbocycles. The maximum Gasteiger partial charge on any atom is 0.257 e. The fraction of sp³-hybridized carbons (Fsp3) is 0.278. The third kappa shape index (κ3) is 3.58. The molecule has 1 unspecified atom stereocenters. The van der Waals surface area contributed by atoms with Gasteiger partial charge in [0.25, 0.3) is 5.91 Å². The van der Waals surface area contributed by atoms with Crippen molar-refractivity contribution in [1.29, 1.82) is 0 Å². The van der Waals surface area contributed by atoms with Crippen LogP contribution in [-0.2, 0) is 0 Å². The summed E-state index contributed by atoms with van der Waals surface area (Å²) in [5.74, 6) is -5.56. The first-order valence-electron chi connectivity index (χ1n) is 8.02. The number of hydrogen-bond acceptors (Lipinski definition) is 3. The van der Waals surface area contributed by atoms with Gasteiger partial charge in [-0.05, 0) is 36.6 Å². The lowest BCUT2D eigenvalue weighted by atomic mass is 10.1. The van der Waals surface area contributed by atoms with E-state index in [0.29, 0.717) is 19.5 Å². The Kier molecular flexibility index (Phi) is 5.01. The number of aromatic hydroxyl groups is 1. The van der Waals surface area contributed by atoms with E-state index in [-0.39, 0.29) is 18.2 Å². The van der Waals surface area contributed by atoms with E-state index in [1.807, 2.05) is 0 Å². The number of amides is 1. The Labute approximate surface area is 147 Å². The minimum Gasteiger partial charge on any atom is -0.505 e. The van der Waals surface area contributed by atoms with E-state index in [1.165, 1.54) is 12.1 Å². The summed E-state index contributed by atoms with van der Waals surface area (Å²) in [5.41, 5.74) is -0.574. The van der Waals surface area contributed by atoms with Gasteiger partial charge in [0.1, 0.15) is 23.0 Å². The Morgan fingerprint density at radius 3 is 2.65 bits per heavy atom. The van der Waals surface area contributed by atoms with Gasteiger partial charge >= 0.3 is 0 Å². The van der Waals surface area contributed by atoms with Crippen LogP contribution < -0.4 is 10.2 Å². The number of halogens is 4.